The molecular formula is C26H37N5O3S. The molecule has 0 aliphatic carbocycles. The number of benzene rings is 1. The molecule has 1 aromatic carbocycles. The zero-order valence-corrected chi connectivity index (χ0v) is 22.0. The predicted octanol–water partition coefficient (Wildman–Crippen LogP) is 3.99. The maximum atomic E-state index is 13.5. The van der Waals surface area contributed by atoms with Gasteiger partial charge < -0.3 is 20.1 Å². The fourth-order valence-electron chi connectivity index (χ4n) is 4.99. The van der Waals surface area contributed by atoms with Crippen LogP contribution < -0.4 is 10.5 Å². The average molecular weight is 500 g/mol. The molecule has 1 unspecified atom stereocenters. The Bertz CT molecular complexity index is 1220. The molecule has 1 fully saturated rings. The lowest BCUT2D eigenvalue weighted by Crippen LogP contribution is -2.35. The van der Waals surface area contributed by atoms with Crippen LogP contribution >= 0.6 is 0 Å². The standard InChI is InChI=1S/C26H37N5O3S/c1-5-7-20-17(3)30(4)24-23(20)28-26(29-25(24)27)21-16-19(8-9-22(21)34-6-2)35(33)31-13-10-18(11-14-31)12-15-32/h8-9,16,18,32H,5-7,10-15H2,1-4H3,(H2,27,28,29). The molecular weight excluding hydrogens is 462 g/mol. The van der Waals surface area contributed by atoms with E-state index in [0.29, 0.717) is 40.4 Å². The molecule has 35 heavy (non-hydrogen) atoms. The number of anilines is 1. The SMILES string of the molecule is CCCc1c(C)n(C)c2c(N)nc(-c3cc(S(=O)N4CCC(CCO)CC4)ccc3OCC)nc12. The van der Waals surface area contributed by atoms with Gasteiger partial charge in [0.1, 0.15) is 22.3 Å². The molecule has 0 amide bonds. The van der Waals surface area contributed by atoms with E-state index < -0.39 is 11.0 Å². The Kier molecular flexibility index (Phi) is 8.09. The Morgan fingerprint density at radius 2 is 1.97 bits per heavy atom. The van der Waals surface area contributed by atoms with Crippen molar-refractivity contribution in [2.75, 3.05) is 32.0 Å². The molecule has 0 saturated carbocycles. The van der Waals surface area contributed by atoms with E-state index in [0.717, 1.165) is 61.9 Å². The molecule has 0 radical (unpaired) electrons. The average Bonchev–Trinajstić information content (AvgIpc) is 3.10. The van der Waals surface area contributed by atoms with Gasteiger partial charge >= 0.3 is 0 Å². The highest BCUT2D eigenvalue weighted by atomic mass is 32.2. The number of aromatic nitrogens is 3. The summed E-state index contributed by atoms with van der Waals surface area (Å²) in [6.45, 7) is 8.39. The van der Waals surface area contributed by atoms with Crippen LogP contribution in [0, 0.1) is 12.8 Å². The maximum absolute atomic E-state index is 13.5. The maximum Gasteiger partial charge on any atom is 0.166 e. The van der Waals surface area contributed by atoms with Crippen LogP contribution in [0.4, 0.5) is 5.82 Å². The van der Waals surface area contributed by atoms with Crippen LogP contribution in [0.25, 0.3) is 22.4 Å². The van der Waals surface area contributed by atoms with Crippen LogP contribution in [-0.2, 0) is 24.5 Å². The summed E-state index contributed by atoms with van der Waals surface area (Å²) < 4.78 is 23.4. The van der Waals surface area contributed by atoms with Gasteiger partial charge in [0.25, 0.3) is 0 Å². The fraction of sp³-hybridized carbons (Fsp3) is 0.538. The van der Waals surface area contributed by atoms with Crippen LogP contribution in [0.5, 0.6) is 5.75 Å². The number of nitrogens with zero attached hydrogens (tertiary/aromatic N) is 4. The third kappa shape index (κ3) is 5.08. The molecule has 1 aliphatic heterocycles. The summed E-state index contributed by atoms with van der Waals surface area (Å²) in [7, 11) is 0.695. The quantitative estimate of drug-likeness (QED) is 0.461. The highest BCUT2D eigenvalue weighted by molar-refractivity contribution is 7.82. The van der Waals surface area contributed by atoms with Gasteiger partial charge in [0, 0.05) is 32.4 Å². The Hall–Kier alpha value is -2.49. The number of fused-ring (bicyclic) bond motifs is 1. The number of aliphatic hydroxyl groups excluding tert-OH is 1. The third-order valence-electron chi connectivity index (χ3n) is 7.01. The first-order valence-electron chi connectivity index (χ1n) is 12.6. The van der Waals surface area contributed by atoms with Gasteiger partial charge in [-0.3, -0.25) is 0 Å². The first-order valence-corrected chi connectivity index (χ1v) is 13.7. The lowest BCUT2D eigenvalue weighted by atomic mass is 9.95. The number of piperidine rings is 1. The first-order chi connectivity index (χ1) is 16.9. The van der Waals surface area contributed by atoms with Crippen molar-refractivity contribution >= 4 is 27.8 Å². The van der Waals surface area contributed by atoms with Crippen molar-refractivity contribution in [1.82, 2.24) is 18.8 Å². The molecule has 2 aromatic heterocycles. The van der Waals surface area contributed by atoms with E-state index in [1.54, 1.807) is 0 Å². The Morgan fingerprint density at radius 3 is 2.63 bits per heavy atom. The highest BCUT2D eigenvalue weighted by Crippen LogP contribution is 2.35. The van der Waals surface area contributed by atoms with Gasteiger partial charge in [-0.05, 0) is 69.2 Å². The number of rotatable bonds is 9. The van der Waals surface area contributed by atoms with Gasteiger partial charge in [0.2, 0.25) is 0 Å². The summed E-state index contributed by atoms with van der Waals surface area (Å²) in [5, 5.41) is 9.22. The molecule has 190 valence electrons. The first kappa shape index (κ1) is 25.6. The molecule has 3 N–H and O–H groups in total. The van der Waals surface area contributed by atoms with Crippen LogP contribution in [-0.4, -0.2) is 54.5 Å². The van der Waals surface area contributed by atoms with Crippen molar-refractivity contribution in [1.29, 1.82) is 0 Å². The second-order valence-electron chi connectivity index (χ2n) is 9.23. The topological polar surface area (TPSA) is 107 Å². The highest BCUT2D eigenvalue weighted by Gasteiger charge is 2.25. The van der Waals surface area contributed by atoms with Crippen LogP contribution in [0.2, 0.25) is 0 Å². The number of hydrogen-bond acceptors (Lipinski definition) is 6. The minimum absolute atomic E-state index is 0.213. The van der Waals surface area contributed by atoms with E-state index >= 15 is 0 Å². The summed E-state index contributed by atoms with van der Waals surface area (Å²) in [5.74, 6) is 2.07. The van der Waals surface area contributed by atoms with Gasteiger partial charge in [-0.15, -0.1) is 0 Å². The van der Waals surface area contributed by atoms with Crippen molar-refractivity contribution in [3.05, 3.63) is 29.5 Å². The Balaban J connectivity index is 1.74. The summed E-state index contributed by atoms with van der Waals surface area (Å²) in [6.07, 6.45) is 4.62. The van der Waals surface area contributed by atoms with Crippen LogP contribution in [0.15, 0.2) is 23.1 Å². The van der Waals surface area contributed by atoms with Gasteiger partial charge in [-0.1, -0.05) is 13.3 Å². The largest absolute Gasteiger partial charge is 0.493 e. The van der Waals surface area contributed by atoms with E-state index in [2.05, 4.69) is 23.4 Å². The predicted molar refractivity (Wildman–Crippen MR) is 141 cm³/mol. The Labute approximate surface area is 210 Å². The van der Waals surface area contributed by atoms with Crippen molar-refractivity contribution in [2.45, 2.75) is 57.8 Å². The normalized spacial score (nSPS) is 16.1. The van der Waals surface area contributed by atoms with E-state index in [9.17, 15) is 9.32 Å². The van der Waals surface area contributed by atoms with Crippen LogP contribution in [0.3, 0.4) is 0 Å². The van der Waals surface area contributed by atoms with Gasteiger partial charge in [-0.2, -0.15) is 0 Å². The number of ether oxygens (including phenoxy) is 1. The van der Waals surface area contributed by atoms with Crippen molar-refractivity contribution in [3.63, 3.8) is 0 Å². The van der Waals surface area contributed by atoms with Crippen molar-refractivity contribution in [3.8, 4) is 17.1 Å². The minimum atomic E-state index is -1.30. The molecule has 4 rings (SSSR count). The summed E-state index contributed by atoms with van der Waals surface area (Å²) in [6, 6.07) is 5.61. The monoisotopic (exact) mass is 499 g/mol. The van der Waals surface area contributed by atoms with E-state index in [4.69, 9.17) is 15.5 Å². The molecule has 1 saturated heterocycles. The number of hydrogen-bond donors (Lipinski definition) is 2. The fourth-order valence-corrected chi connectivity index (χ4v) is 6.24. The molecule has 9 heteroatoms. The van der Waals surface area contributed by atoms with Crippen molar-refractivity contribution in [2.24, 2.45) is 13.0 Å². The van der Waals surface area contributed by atoms with Crippen LogP contribution in [0.1, 0.15) is 50.8 Å². The smallest absolute Gasteiger partial charge is 0.166 e. The van der Waals surface area contributed by atoms with E-state index in [-0.39, 0.29) is 6.61 Å². The number of nitrogen functional groups attached to an aromatic ring is 1. The lowest BCUT2D eigenvalue weighted by molar-refractivity contribution is 0.211. The molecule has 3 aromatic rings. The summed E-state index contributed by atoms with van der Waals surface area (Å²) in [5.41, 5.74) is 11.2. The van der Waals surface area contributed by atoms with Gasteiger partial charge in [0.15, 0.2) is 11.6 Å². The van der Waals surface area contributed by atoms with E-state index in [1.165, 1.54) is 5.56 Å². The van der Waals surface area contributed by atoms with Gasteiger partial charge in [0.05, 0.1) is 22.6 Å². The molecule has 0 bridgehead atoms. The second kappa shape index (κ2) is 11.1. The molecule has 1 aliphatic rings. The number of aryl methyl sites for hydroxylation is 2. The Morgan fingerprint density at radius 1 is 1.23 bits per heavy atom. The number of nitrogens with two attached hydrogens (primary N) is 1. The summed E-state index contributed by atoms with van der Waals surface area (Å²) in [4.78, 5) is 10.3. The van der Waals surface area contributed by atoms with Crippen molar-refractivity contribution < 1.29 is 14.1 Å². The molecule has 8 nitrogen and oxygen atoms in total. The third-order valence-corrected chi connectivity index (χ3v) is 8.50. The summed E-state index contributed by atoms with van der Waals surface area (Å²) >= 11 is 0. The van der Waals surface area contributed by atoms with E-state index in [1.807, 2.05) is 36.5 Å². The van der Waals surface area contributed by atoms with Gasteiger partial charge in [-0.25, -0.2) is 18.5 Å². The number of aliphatic hydroxyl groups is 1. The lowest BCUT2D eigenvalue weighted by Gasteiger charge is -2.30. The molecule has 0 spiro atoms. The molecule has 1 atom stereocenters. The molecule has 3 heterocycles. The minimum Gasteiger partial charge on any atom is -0.493 e. The second-order valence-corrected chi connectivity index (χ2v) is 10.7. The zero-order valence-electron chi connectivity index (χ0n) is 21.2. The zero-order chi connectivity index (χ0) is 25.1.